The lowest BCUT2D eigenvalue weighted by Gasteiger charge is -2.33. The van der Waals surface area contributed by atoms with E-state index < -0.39 is 11.6 Å². The number of nitrogens with zero attached hydrogens (tertiary/aromatic N) is 5. The van der Waals surface area contributed by atoms with Crippen LogP contribution in [0.5, 0.6) is 5.88 Å². The molecule has 0 bridgehead atoms. The Kier molecular flexibility index (Phi) is 6.54. The van der Waals surface area contributed by atoms with E-state index in [1.165, 1.54) is 0 Å². The van der Waals surface area contributed by atoms with Gasteiger partial charge in [0.05, 0.1) is 33.8 Å². The largest absolute Gasteiger partial charge is 0.478 e. The molecule has 1 amide bonds. The molecule has 4 aromatic heterocycles. The van der Waals surface area contributed by atoms with Crippen LogP contribution in [0.4, 0.5) is 0 Å². The van der Waals surface area contributed by atoms with Crippen LogP contribution in [-0.2, 0) is 16.8 Å². The Bertz CT molecular complexity index is 1400. The number of ether oxygens (including phenoxy) is 2. The Morgan fingerprint density at radius 2 is 2.19 bits per heavy atom. The van der Waals surface area contributed by atoms with Crippen molar-refractivity contribution in [2.24, 2.45) is 0 Å². The first-order valence-corrected chi connectivity index (χ1v) is 13.1. The number of carbonyl (C=O) groups is 1. The molecule has 10 nitrogen and oxygen atoms in total. The van der Waals surface area contributed by atoms with E-state index in [9.17, 15) is 4.79 Å². The lowest BCUT2D eigenvalue weighted by atomic mass is 9.99. The summed E-state index contributed by atoms with van der Waals surface area (Å²) in [6, 6.07) is 7.24. The second kappa shape index (κ2) is 9.51. The van der Waals surface area contributed by atoms with Gasteiger partial charge in [0.15, 0.2) is 0 Å². The summed E-state index contributed by atoms with van der Waals surface area (Å²) in [6.07, 6.45) is 2.31. The SMILES string of the molecule is CCOc1cccc2cc([C@@H]3c4nc[nH]c4CCN3C(=O)c3oc(C(C)(C)OC)nc3C(C)I)nn12. The van der Waals surface area contributed by atoms with E-state index in [4.69, 9.17) is 19.0 Å². The molecule has 0 aliphatic carbocycles. The first kappa shape index (κ1) is 24.8. The zero-order chi connectivity index (χ0) is 25.6. The third-order valence-electron chi connectivity index (χ3n) is 6.48. The summed E-state index contributed by atoms with van der Waals surface area (Å²) in [7, 11) is 1.60. The van der Waals surface area contributed by atoms with Gasteiger partial charge in [-0.2, -0.15) is 5.10 Å². The van der Waals surface area contributed by atoms with Crippen molar-refractivity contribution in [3.05, 3.63) is 65.0 Å². The number of nitrogens with one attached hydrogen (secondary N) is 1. The average molecular weight is 604 g/mol. The van der Waals surface area contributed by atoms with Gasteiger partial charge >= 0.3 is 0 Å². The highest BCUT2D eigenvalue weighted by atomic mass is 127. The number of imidazole rings is 1. The van der Waals surface area contributed by atoms with Gasteiger partial charge in [0.2, 0.25) is 17.5 Å². The van der Waals surface area contributed by atoms with Gasteiger partial charge < -0.3 is 23.8 Å². The Morgan fingerprint density at radius 3 is 2.92 bits per heavy atom. The molecule has 11 heteroatoms. The number of hydrogen-bond donors (Lipinski definition) is 1. The van der Waals surface area contributed by atoms with E-state index in [0.29, 0.717) is 42.7 Å². The number of alkyl halides is 1. The van der Waals surface area contributed by atoms with Gasteiger partial charge in [0.25, 0.3) is 5.91 Å². The third-order valence-corrected chi connectivity index (χ3v) is 7.07. The Labute approximate surface area is 222 Å². The van der Waals surface area contributed by atoms with Crippen LogP contribution in [0.3, 0.4) is 0 Å². The molecule has 190 valence electrons. The Hall–Kier alpha value is -2.93. The summed E-state index contributed by atoms with van der Waals surface area (Å²) in [5, 5.41) is 4.85. The summed E-state index contributed by atoms with van der Waals surface area (Å²) >= 11 is 2.25. The fraction of sp³-hybridized carbons (Fsp3) is 0.440. The quantitative estimate of drug-likeness (QED) is 0.242. The predicted molar refractivity (Wildman–Crippen MR) is 141 cm³/mol. The standard InChI is InChI=1S/C25H29IN6O4/c1-6-35-18-9-7-8-15-12-17(30-32(15)18)21-20-16(27-13-28-20)10-11-31(21)23(33)22-19(14(2)26)29-24(36-22)25(3,4)34-5/h7-9,12-14,21H,6,10-11H2,1-5H3,(H,27,28)/t14?,21-/m1/s1. The van der Waals surface area contributed by atoms with Crippen LogP contribution >= 0.6 is 22.6 Å². The molecule has 1 aliphatic rings. The van der Waals surface area contributed by atoms with E-state index in [0.717, 1.165) is 16.9 Å². The normalized spacial score (nSPS) is 16.8. The lowest BCUT2D eigenvalue weighted by Crippen LogP contribution is -2.41. The summed E-state index contributed by atoms with van der Waals surface area (Å²) < 4.78 is 19.2. The molecule has 0 spiro atoms. The highest BCUT2D eigenvalue weighted by molar-refractivity contribution is 14.1. The zero-order valence-corrected chi connectivity index (χ0v) is 23.1. The molecule has 36 heavy (non-hydrogen) atoms. The highest BCUT2D eigenvalue weighted by Gasteiger charge is 2.40. The van der Waals surface area contributed by atoms with Gasteiger partial charge in [0, 0.05) is 31.8 Å². The molecule has 4 aromatic rings. The first-order valence-electron chi connectivity index (χ1n) is 11.9. The van der Waals surface area contributed by atoms with E-state index in [1.807, 2.05) is 52.0 Å². The van der Waals surface area contributed by atoms with Crippen molar-refractivity contribution < 1.29 is 18.7 Å². The van der Waals surface area contributed by atoms with Gasteiger partial charge in [-0.1, -0.05) is 28.7 Å². The number of aromatic nitrogens is 5. The molecule has 5 heterocycles. The van der Waals surface area contributed by atoms with Crippen LogP contribution in [0.2, 0.25) is 0 Å². The molecule has 2 atom stereocenters. The van der Waals surface area contributed by atoms with Crippen molar-refractivity contribution in [2.45, 2.75) is 49.7 Å². The molecule has 1 unspecified atom stereocenters. The Morgan fingerprint density at radius 1 is 1.39 bits per heavy atom. The van der Waals surface area contributed by atoms with E-state index >= 15 is 0 Å². The lowest BCUT2D eigenvalue weighted by molar-refractivity contribution is -0.00468. The smallest absolute Gasteiger partial charge is 0.292 e. The first-order chi connectivity index (χ1) is 17.2. The summed E-state index contributed by atoms with van der Waals surface area (Å²) in [6.45, 7) is 8.64. The number of halogens is 1. The molecule has 1 aliphatic heterocycles. The maximum Gasteiger partial charge on any atom is 0.292 e. The Balaban J connectivity index is 1.61. The van der Waals surface area contributed by atoms with Crippen LogP contribution in [0.25, 0.3) is 5.52 Å². The van der Waals surface area contributed by atoms with E-state index in [-0.39, 0.29) is 15.6 Å². The summed E-state index contributed by atoms with van der Waals surface area (Å²) in [4.78, 5) is 28.4. The topological polar surface area (TPSA) is 111 Å². The fourth-order valence-corrected chi connectivity index (χ4v) is 4.85. The number of hydrogen-bond acceptors (Lipinski definition) is 7. The van der Waals surface area contributed by atoms with Gasteiger partial charge in [-0.25, -0.2) is 14.5 Å². The number of H-pyrrole nitrogens is 1. The monoisotopic (exact) mass is 604 g/mol. The second-order valence-corrected chi connectivity index (χ2v) is 11.1. The number of amides is 1. The van der Waals surface area contributed by atoms with Crippen molar-refractivity contribution in [2.75, 3.05) is 20.3 Å². The molecule has 0 saturated heterocycles. The summed E-state index contributed by atoms with van der Waals surface area (Å²) in [5.74, 6) is 0.981. The van der Waals surface area contributed by atoms with E-state index in [1.54, 1.807) is 22.9 Å². The molecular formula is C25H29IN6O4. The number of aromatic amines is 1. The number of oxazole rings is 1. The highest BCUT2D eigenvalue weighted by Crippen LogP contribution is 2.37. The number of methoxy groups -OCH3 is 1. The maximum atomic E-state index is 14.1. The number of carbonyl (C=O) groups excluding carboxylic acids is 1. The van der Waals surface area contributed by atoms with Crippen molar-refractivity contribution in [1.82, 2.24) is 29.5 Å². The van der Waals surface area contributed by atoms with Crippen molar-refractivity contribution >= 4 is 34.0 Å². The minimum Gasteiger partial charge on any atom is -0.478 e. The zero-order valence-electron chi connectivity index (χ0n) is 20.9. The van der Waals surface area contributed by atoms with Gasteiger partial charge in [-0.3, -0.25) is 4.79 Å². The van der Waals surface area contributed by atoms with Crippen LogP contribution in [0, 0.1) is 0 Å². The van der Waals surface area contributed by atoms with Crippen molar-refractivity contribution in [3.8, 4) is 5.88 Å². The minimum atomic E-state index is -0.771. The molecule has 1 N–H and O–H groups in total. The number of rotatable bonds is 7. The number of fused-ring (bicyclic) bond motifs is 2. The molecule has 0 aromatic carbocycles. The molecule has 0 radical (unpaired) electrons. The minimum absolute atomic E-state index is 0.0418. The average Bonchev–Trinajstić information content (AvgIpc) is 3.61. The fourth-order valence-electron chi connectivity index (χ4n) is 4.43. The van der Waals surface area contributed by atoms with Gasteiger partial charge in [-0.15, -0.1) is 0 Å². The second-order valence-electron chi connectivity index (χ2n) is 9.18. The van der Waals surface area contributed by atoms with Gasteiger partial charge in [-0.05, 0) is 39.8 Å². The van der Waals surface area contributed by atoms with Crippen LogP contribution < -0.4 is 4.74 Å². The van der Waals surface area contributed by atoms with Crippen LogP contribution in [-0.4, -0.2) is 55.6 Å². The van der Waals surface area contributed by atoms with Crippen molar-refractivity contribution in [1.29, 1.82) is 0 Å². The third kappa shape index (κ3) is 4.17. The maximum absolute atomic E-state index is 14.1. The van der Waals surface area contributed by atoms with E-state index in [2.05, 4.69) is 37.5 Å². The molecule has 0 saturated carbocycles. The molecular weight excluding hydrogens is 575 g/mol. The summed E-state index contributed by atoms with van der Waals surface area (Å²) in [5.41, 5.74) is 3.17. The van der Waals surface area contributed by atoms with Crippen LogP contribution in [0.1, 0.15) is 76.9 Å². The number of pyridine rings is 1. The van der Waals surface area contributed by atoms with Crippen molar-refractivity contribution in [3.63, 3.8) is 0 Å². The molecule has 5 rings (SSSR count). The predicted octanol–water partition coefficient (Wildman–Crippen LogP) is 4.61. The van der Waals surface area contributed by atoms with Gasteiger partial charge in [0.1, 0.15) is 17.3 Å². The van der Waals surface area contributed by atoms with Crippen LogP contribution in [0.15, 0.2) is 35.0 Å². The molecule has 0 fully saturated rings.